The smallest absolute Gasteiger partial charge is 0.122 e. The first-order valence-electron chi connectivity index (χ1n) is 5.27. The van der Waals surface area contributed by atoms with Crippen molar-refractivity contribution >= 4 is 5.84 Å². The molecule has 1 saturated carbocycles. The molecule has 0 spiro atoms. The molecule has 0 aromatic heterocycles. The van der Waals surface area contributed by atoms with Gasteiger partial charge in [-0.15, -0.1) is 0 Å². The standard InChI is InChI=1S/C12H15N2O/c13-12(14)10-5-3-9(4-6-10)11(15)7-8-1-2-8/h3-6,8,11H,1-2,7H2,(H3,13,14). The van der Waals surface area contributed by atoms with Crippen LogP contribution in [0.2, 0.25) is 0 Å². The Hall–Kier alpha value is -1.35. The van der Waals surface area contributed by atoms with E-state index >= 15 is 0 Å². The Kier molecular flexibility index (Phi) is 2.73. The molecule has 0 aliphatic heterocycles. The van der Waals surface area contributed by atoms with Gasteiger partial charge in [0, 0.05) is 5.56 Å². The summed E-state index contributed by atoms with van der Waals surface area (Å²) in [5.41, 5.74) is 6.83. The second-order valence-electron chi connectivity index (χ2n) is 4.20. The monoisotopic (exact) mass is 203 g/mol. The van der Waals surface area contributed by atoms with E-state index in [1.807, 2.05) is 0 Å². The zero-order valence-corrected chi connectivity index (χ0v) is 8.57. The highest BCUT2D eigenvalue weighted by Crippen LogP contribution is 2.37. The van der Waals surface area contributed by atoms with E-state index in [-0.39, 0.29) is 5.84 Å². The first-order chi connectivity index (χ1) is 7.16. The van der Waals surface area contributed by atoms with Crippen molar-refractivity contribution in [1.82, 2.24) is 0 Å². The summed E-state index contributed by atoms with van der Waals surface area (Å²) in [6.07, 6.45) is 2.56. The third-order valence-corrected chi connectivity index (χ3v) is 2.84. The van der Waals surface area contributed by atoms with Crippen LogP contribution in [0.4, 0.5) is 0 Å². The molecular formula is C12H15N2O. The largest absolute Gasteiger partial charge is 0.384 e. The number of nitrogen functional groups attached to an aromatic ring is 1. The molecule has 0 saturated heterocycles. The van der Waals surface area contributed by atoms with Crippen LogP contribution in [0.1, 0.15) is 36.5 Å². The highest BCUT2D eigenvalue weighted by molar-refractivity contribution is 5.94. The molecule has 0 heterocycles. The summed E-state index contributed by atoms with van der Waals surface area (Å²) in [5.74, 6) is 0.700. The summed E-state index contributed by atoms with van der Waals surface area (Å²) >= 11 is 0. The Morgan fingerprint density at radius 2 is 2.00 bits per heavy atom. The Morgan fingerprint density at radius 1 is 1.40 bits per heavy atom. The Labute approximate surface area is 89.4 Å². The fourth-order valence-electron chi connectivity index (χ4n) is 1.67. The van der Waals surface area contributed by atoms with Crippen molar-refractivity contribution in [3.8, 4) is 0 Å². The minimum absolute atomic E-state index is 0.0474. The van der Waals surface area contributed by atoms with Gasteiger partial charge in [-0.2, -0.15) is 0 Å². The molecule has 3 nitrogen and oxygen atoms in total. The fourth-order valence-corrected chi connectivity index (χ4v) is 1.67. The summed E-state index contributed by atoms with van der Waals surface area (Å²) in [4.78, 5) is 0. The van der Waals surface area contributed by atoms with E-state index in [1.165, 1.54) is 12.8 Å². The average molecular weight is 203 g/mol. The quantitative estimate of drug-likeness (QED) is 0.571. The molecule has 2 rings (SSSR count). The lowest BCUT2D eigenvalue weighted by atomic mass is 10.0. The lowest BCUT2D eigenvalue weighted by Crippen LogP contribution is -2.10. The molecule has 3 heteroatoms. The van der Waals surface area contributed by atoms with E-state index in [1.54, 1.807) is 24.3 Å². The molecule has 1 fully saturated rings. The van der Waals surface area contributed by atoms with Crippen molar-refractivity contribution in [2.24, 2.45) is 11.7 Å². The van der Waals surface area contributed by atoms with Gasteiger partial charge >= 0.3 is 0 Å². The van der Waals surface area contributed by atoms with E-state index in [4.69, 9.17) is 11.1 Å². The molecular weight excluding hydrogens is 188 g/mol. The summed E-state index contributed by atoms with van der Waals surface area (Å²) in [5, 5.41) is 19.0. The second-order valence-corrected chi connectivity index (χ2v) is 4.20. The molecule has 1 aliphatic rings. The molecule has 1 unspecified atom stereocenters. The molecule has 1 aliphatic carbocycles. The molecule has 1 radical (unpaired) electrons. The van der Waals surface area contributed by atoms with E-state index in [9.17, 15) is 5.11 Å². The van der Waals surface area contributed by atoms with Crippen LogP contribution in [-0.2, 0) is 5.11 Å². The maximum absolute atomic E-state index is 11.8. The van der Waals surface area contributed by atoms with Crippen LogP contribution in [0.25, 0.3) is 0 Å². The third kappa shape index (κ3) is 2.57. The lowest BCUT2D eigenvalue weighted by Gasteiger charge is -2.08. The van der Waals surface area contributed by atoms with Gasteiger partial charge < -0.3 is 5.73 Å². The molecule has 1 aromatic rings. The van der Waals surface area contributed by atoms with Crippen molar-refractivity contribution in [3.63, 3.8) is 0 Å². The maximum Gasteiger partial charge on any atom is 0.122 e. The lowest BCUT2D eigenvalue weighted by molar-refractivity contribution is 0.0760. The van der Waals surface area contributed by atoms with Gasteiger partial charge in [0.05, 0.1) is 0 Å². The number of nitrogens with two attached hydrogens (primary N) is 1. The Bertz CT molecular complexity index is 354. The van der Waals surface area contributed by atoms with Crippen LogP contribution < -0.4 is 5.73 Å². The molecule has 79 valence electrons. The van der Waals surface area contributed by atoms with Gasteiger partial charge in [-0.05, 0) is 17.9 Å². The van der Waals surface area contributed by atoms with Crippen molar-refractivity contribution in [1.29, 1.82) is 5.41 Å². The normalized spacial score (nSPS) is 17.4. The number of hydrogen-bond donors (Lipinski definition) is 2. The van der Waals surface area contributed by atoms with E-state index < -0.39 is 6.10 Å². The minimum Gasteiger partial charge on any atom is -0.384 e. The SMILES string of the molecule is N=C(N)c1ccc(C([O])CC2CC2)cc1. The van der Waals surface area contributed by atoms with E-state index in [0.717, 1.165) is 12.0 Å². The van der Waals surface area contributed by atoms with Gasteiger partial charge in [0.1, 0.15) is 11.9 Å². The molecule has 15 heavy (non-hydrogen) atoms. The summed E-state index contributed by atoms with van der Waals surface area (Å²) in [7, 11) is 0. The summed E-state index contributed by atoms with van der Waals surface area (Å²) in [6, 6.07) is 7.07. The van der Waals surface area contributed by atoms with Crippen molar-refractivity contribution in [2.75, 3.05) is 0 Å². The van der Waals surface area contributed by atoms with Crippen molar-refractivity contribution in [2.45, 2.75) is 25.4 Å². The molecule has 0 amide bonds. The minimum atomic E-state index is -0.612. The zero-order valence-electron chi connectivity index (χ0n) is 8.57. The first kappa shape index (κ1) is 10.2. The number of benzene rings is 1. The van der Waals surface area contributed by atoms with Crippen LogP contribution >= 0.6 is 0 Å². The molecule has 1 atom stereocenters. The van der Waals surface area contributed by atoms with Gasteiger partial charge in [-0.25, -0.2) is 5.11 Å². The second kappa shape index (κ2) is 4.03. The topological polar surface area (TPSA) is 69.8 Å². The number of nitrogens with one attached hydrogen (secondary N) is 1. The van der Waals surface area contributed by atoms with Crippen LogP contribution in [0.15, 0.2) is 24.3 Å². The van der Waals surface area contributed by atoms with E-state index in [2.05, 4.69) is 0 Å². The zero-order chi connectivity index (χ0) is 10.8. The maximum atomic E-state index is 11.8. The summed E-state index contributed by atoms with van der Waals surface area (Å²) in [6.45, 7) is 0. The molecule has 1 aromatic carbocycles. The highest BCUT2D eigenvalue weighted by atomic mass is 16.3. The fraction of sp³-hybridized carbons (Fsp3) is 0.417. The molecule has 0 bridgehead atoms. The van der Waals surface area contributed by atoms with Gasteiger partial charge in [0.15, 0.2) is 0 Å². The van der Waals surface area contributed by atoms with Gasteiger partial charge in [0.25, 0.3) is 0 Å². The predicted octanol–water partition coefficient (Wildman–Crippen LogP) is 2.24. The van der Waals surface area contributed by atoms with E-state index in [0.29, 0.717) is 11.5 Å². The third-order valence-electron chi connectivity index (χ3n) is 2.84. The van der Waals surface area contributed by atoms with Crippen LogP contribution in [0.5, 0.6) is 0 Å². The average Bonchev–Trinajstić information content (AvgIpc) is 3.02. The first-order valence-corrected chi connectivity index (χ1v) is 5.27. The molecule has 3 N–H and O–H groups in total. The van der Waals surface area contributed by atoms with Crippen molar-refractivity contribution < 1.29 is 5.11 Å². The number of amidine groups is 1. The van der Waals surface area contributed by atoms with Crippen LogP contribution in [0.3, 0.4) is 0 Å². The van der Waals surface area contributed by atoms with Gasteiger partial charge in [-0.3, -0.25) is 5.41 Å². The van der Waals surface area contributed by atoms with Gasteiger partial charge in [-0.1, -0.05) is 37.1 Å². The van der Waals surface area contributed by atoms with Crippen LogP contribution in [0, 0.1) is 11.3 Å². The summed E-state index contributed by atoms with van der Waals surface area (Å²) < 4.78 is 0. The van der Waals surface area contributed by atoms with Crippen molar-refractivity contribution in [3.05, 3.63) is 35.4 Å². The predicted molar refractivity (Wildman–Crippen MR) is 58.2 cm³/mol. The Morgan fingerprint density at radius 3 is 2.47 bits per heavy atom. The number of hydrogen-bond acceptors (Lipinski definition) is 1. The number of rotatable bonds is 4. The Balaban J connectivity index is 2.04. The highest BCUT2D eigenvalue weighted by Gasteiger charge is 2.25. The van der Waals surface area contributed by atoms with Crippen LogP contribution in [-0.4, -0.2) is 5.84 Å². The van der Waals surface area contributed by atoms with Gasteiger partial charge in [0.2, 0.25) is 0 Å².